The predicted octanol–water partition coefficient (Wildman–Crippen LogP) is 10.4. The first kappa shape index (κ1) is 52.6. The zero-order valence-corrected chi connectivity index (χ0v) is 36.2. The van der Waals surface area contributed by atoms with Crippen molar-refractivity contribution in [1.82, 2.24) is 0 Å². The quantitative estimate of drug-likeness (QED) is 0.0184. The Morgan fingerprint density at radius 2 is 0.925 bits per heavy atom. The molecule has 2 unspecified atom stereocenters. The summed E-state index contributed by atoms with van der Waals surface area (Å²) < 4.78 is 120. The van der Waals surface area contributed by atoms with Gasteiger partial charge < -0.3 is 28.4 Å². The molecule has 0 saturated carbocycles. The monoisotopic (exact) mass is 946 g/mol. The lowest BCUT2D eigenvalue weighted by molar-refractivity contribution is -0.156. The maximum Gasteiger partial charge on any atom is 0.422 e. The number of esters is 6. The summed E-state index contributed by atoms with van der Waals surface area (Å²) in [6.07, 6.45) is -12.3. The van der Waals surface area contributed by atoms with E-state index < -0.39 is 77.3 Å². The molecule has 0 heterocycles. The minimum Gasteiger partial charge on any atom is -0.466 e. The Kier molecular flexibility index (Phi) is 18.8. The average Bonchev–Trinajstić information content (AvgIpc) is 3.26. The Morgan fingerprint density at radius 1 is 0.522 bits per heavy atom. The molecule has 0 aliphatic carbocycles. The van der Waals surface area contributed by atoms with Crippen molar-refractivity contribution in [2.24, 2.45) is 0 Å². The van der Waals surface area contributed by atoms with Gasteiger partial charge in [-0.25, -0.2) is 14.0 Å². The summed E-state index contributed by atoms with van der Waals surface area (Å²) in [4.78, 5) is 71.9. The molecule has 0 saturated heterocycles. The van der Waals surface area contributed by atoms with Gasteiger partial charge in [-0.05, 0) is 97.3 Å². The zero-order chi connectivity index (χ0) is 49.5. The van der Waals surface area contributed by atoms with E-state index in [2.05, 4.69) is 22.6 Å². The van der Waals surface area contributed by atoms with Gasteiger partial charge in [0.25, 0.3) is 0 Å². The molecule has 0 N–H and O–H groups in total. The highest BCUT2D eigenvalue weighted by Gasteiger charge is 2.39. The second-order valence-electron chi connectivity index (χ2n) is 15.0. The Morgan fingerprint density at radius 3 is 1.40 bits per heavy atom. The fraction of sp³-hybridized carbons (Fsp3) is 0.333. The van der Waals surface area contributed by atoms with Gasteiger partial charge in [0, 0.05) is 11.6 Å². The molecule has 4 aromatic rings. The van der Waals surface area contributed by atoms with Gasteiger partial charge in [-0.15, -0.1) is 0 Å². The summed E-state index contributed by atoms with van der Waals surface area (Å²) in [5, 5.41) is 1.57. The lowest BCUT2D eigenvalue weighted by atomic mass is 9.98. The molecule has 0 aliphatic heterocycles. The van der Waals surface area contributed by atoms with Gasteiger partial charge in [0.1, 0.15) is 28.5 Å². The standard InChI is InChI=1S/C48H45F7O12/c1-28(64-45(60)30(3)47(50,51)52)7-5-23-62-41(56)19-21-43(58)66-37-16-15-35-25-34(13-14-36(35)26-37)32-9-11-33(12-10-32)39-18-17-38(27-40(39)49)67-44(59)22-20-42(57)63-24-6-8-29(2)65-46(61)31(4)48(53,54)55/h9-18,25-29H,3-8,19-24H2,1-2H3. The molecular formula is C48H45F7O12. The highest BCUT2D eigenvalue weighted by Crippen LogP contribution is 2.32. The van der Waals surface area contributed by atoms with Crippen LogP contribution >= 0.6 is 0 Å². The molecule has 0 spiro atoms. The van der Waals surface area contributed by atoms with Crippen LogP contribution in [0.25, 0.3) is 33.0 Å². The summed E-state index contributed by atoms with van der Waals surface area (Å²) in [6.45, 7) is 7.87. The van der Waals surface area contributed by atoms with Crippen molar-refractivity contribution >= 4 is 46.6 Å². The summed E-state index contributed by atoms with van der Waals surface area (Å²) in [7, 11) is 0. The lowest BCUT2D eigenvalue weighted by Gasteiger charge is -2.15. The topological polar surface area (TPSA) is 158 Å². The van der Waals surface area contributed by atoms with E-state index in [0.717, 1.165) is 28.0 Å². The second-order valence-corrected chi connectivity index (χ2v) is 15.0. The Labute approximate surface area is 379 Å². The van der Waals surface area contributed by atoms with Crippen molar-refractivity contribution in [3.05, 3.63) is 109 Å². The first-order chi connectivity index (χ1) is 31.5. The molecule has 12 nitrogen and oxygen atoms in total. The maximum atomic E-state index is 15.2. The first-order valence-electron chi connectivity index (χ1n) is 20.6. The molecule has 67 heavy (non-hydrogen) atoms. The van der Waals surface area contributed by atoms with Crippen LogP contribution in [0.1, 0.15) is 65.2 Å². The van der Waals surface area contributed by atoms with Gasteiger partial charge in [-0.1, -0.05) is 55.6 Å². The van der Waals surface area contributed by atoms with E-state index in [0.29, 0.717) is 5.56 Å². The molecular weight excluding hydrogens is 902 g/mol. The molecule has 0 bridgehead atoms. The van der Waals surface area contributed by atoms with E-state index in [1.54, 1.807) is 42.5 Å². The first-order valence-corrected chi connectivity index (χ1v) is 20.6. The zero-order valence-electron chi connectivity index (χ0n) is 36.2. The molecule has 4 rings (SSSR count). The number of carbonyl (C=O) groups is 6. The summed E-state index contributed by atoms with van der Waals surface area (Å²) >= 11 is 0. The van der Waals surface area contributed by atoms with Crippen LogP contribution in [0.3, 0.4) is 0 Å². The molecule has 0 aliphatic rings. The number of benzene rings is 4. The van der Waals surface area contributed by atoms with E-state index in [4.69, 9.17) is 18.9 Å². The summed E-state index contributed by atoms with van der Waals surface area (Å²) in [5.41, 5.74) is -0.836. The second kappa shape index (κ2) is 23.9. The highest BCUT2D eigenvalue weighted by atomic mass is 19.4. The fourth-order valence-corrected chi connectivity index (χ4v) is 5.99. The van der Waals surface area contributed by atoms with Crippen LogP contribution in [0.15, 0.2) is 103 Å². The number of ether oxygens (including phenoxy) is 6. The van der Waals surface area contributed by atoms with E-state index in [-0.39, 0.29) is 81.6 Å². The van der Waals surface area contributed by atoms with Crippen LogP contribution in [-0.4, -0.2) is 73.6 Å². The number of rotatable bonds is 22. The molecule has 0 radical (unpaired) electrons. The van der Waals surface area contributed by atoms with Crippen LogP contribution in [0.2, 0.25) is 0 Å². The third-order valence-corrected chi connectivity index (χ3v) is 9.64. The van der Waals surface area contributed by atoms with Crippen LogP contribution in [0.4, 0.5) is 30.7 Å². The minimum absolute atomic E-state index is 0.0893. The van der Waals surface area contributed by atoms with E-state index in [1.165, 1.54) is 26.0 Å². The van der Waals surface area contributed by atoms with Gasteiger partial charge in [-0.2, -0.15) is 26.3 Å². The Hall–Kier alpha value is -7.05. The smallest absolute Gasteiger partial charge is 0.422 e. The maximum absolute atomic E-state index is 15.2. The number of hydrogen-bond donors (Lipinski definition) is 0. The van der Waals surface area contributed by atoms with Gasteiger partial charge in [0.05, 0.1) is 51.1 Å². The van der Waals surface area contributed by atoms with Crippen molar-refractivity contribution < 1.29 is 87.9 Å². The van der Waals surface area contributed by atoms with E-state index >= 15 is 4.39 Å². The fourth-order valence-electron chi connectivity index (χ4n) is 5.99. The van der Waals surface area contributed by atoms with Crippen molar-refractivity contribution in [2.75, 3.05) is 13.2 Å². The molecule has 4 aromatic carbocycles. The Balaban J connectivity index is 1.17. The van der Waals surface area contributed by atoms with Crippen molar-refractivity contribution in [3.63, 3.8) is 0 Å². The third kappa shape index (κ3) is 17.0. The molecule has 2 atom stereocenters. The average molecular weight is 947 g/mol. The third-order valence-electron chi connectivity index (χ3n) is 9.64. The number of halogens is 7. The Bertz CT molecular complexity index is 2460. The summed E-state index contributed by atoms with van der Waals surface area (Å²) in [6, 6.07) is 21.5. The molecule has 19 heteroatoms. The predicted molar refractivity (Wildman–Crippen MR) is 226 cm³/mol. The van der Waals surface area contributed by atoms with E-state index in [9.17, 15) is 55.1 Å². The molecule has 358 valence electrons. The van der Waals surface area contributed by atoms with Crippen LogP contribution in [-0.2, 0) is 47.7 Å². The van der Waals surface area contributed by atoms with Crippen molar-refractivity contribution in [3.8, 4) is 33.8 Å². The number of carbonyl (C=O) groups excluding carboxylic acids is 6. The minimum atomic E-state index is -4.91. The SMILES string of the molecule is C=C(C(=O)OC(C)CCCOC(=O)CCC(=O)Oc1ccc(-c2ccc(-c3ccc4cc(OC(=O)CCC(=O)OCCCC(C)OC(=O)C(=C)C(F)(F)F)ccc4c3)cc2)c(F)c1)C(F)(F)F. The number of alkyl halides is 6. The normalized spacial score (nSPS) is 12.3. The van der Waals surface area contributed by atoms with Crippen molar-refractivity contribution in [2.45, 2.75) is 89.8 Å². The summed E-state index contributed by atoms with van der Waals surface area (Å²) in [5.74, 6) is -6.64. The largest absolute Gasteiger partial charge is 0.466 e. The number of fused-ring (bicyclic) bond motifs is 1. The highest BCUT2D eigenvalue weighted by molar-refractivity contribution is 5.91. The van der Waals surface area contributed by atoms with Gasteiger partial charge in [0.2, 0.25) is 0 Å². The van der Waals surface area contributed by atoms with Crippen LogP contribution in [0, 0.1) is 5.82 Å². The van der Waals surface area contributed by atoms with Gasteiger partial charge in [0.15, 0.2) is 0 Å². The van der Waals surface area contributed by atoms with Crippen LogP contribution in [0.5, 0.6) is 11.5 Å². The van der Waals surface area contributed by atoms with Crippen LogP contribution < -0.4 is 9.47 Å². The van der Waals surface area contributed by atoms with Crippen molar-refractivity contribution in [1.29, 1.82) is 0 Å². The molecule has 0 aromatic heterocycles. The van der Waals surface area contributed by atoms with E-state index in [1.807, 2.05) is 18.2 Å². The molecule has 0 amide bonds. The number of hydrogen-bond acceptors (Lipinski definition) is 12. The molecule has 0 fully saturated rings. The van der Waals surface area contributed by atoms with Gasteiger partial charge >= 0.3 is 48.2 Å². The van der Waals surface area contributed by atoms with Gasteiger partial charge in [-0.3, -0.25) is 19.2 Å². The lowest BCUT2D eigenvalue weighted by Crippen LogP contribution is -2.24.